The lowest BCUT2D eigenvalue weighted by Crippen LogP contribution is -2.21. The van der Waals surface area contributed by atoms with E-state index in [1.165, 1.54) is 42.6 Å². The molecular formula is C24H21ClF3N3O2. The van der Waals surface area contributed by atoms with E-state index >= 15 is 0 Å². The van der Waals surface area contributed by atoms with Crippen molar-refractivity contribution in [3.8, 4) is 16.9 Å². The molecule has 0 saturated carbocycles. The molecule has 0 radical (unpaired) electrons. The summed E-state index contributed by atoms with van der Waals surface area (Å²) in [6.45, 7) is 3.56. The molecule has 1 aromatic heterocycles. The van der Waals surface area contributed by atoms with Crippen molar-refractivity contribution in [3.63, 3.8) is 0 Å². The van der Waals surface area contributed by atoms with Crippen LogP contribution in [0.5, 0.6) is 5.75 Å². The van der Waals surface area contributed by atoms with E-state index in [4.69, 9.17) is 11.6 Å². The highest BCUT2D eigenvalue weighted by Gasteiger charge is 2.27. The van der Waals surface area contributed by atoms with Crippen LogP contribution in [0.25, 0.3) is 11.1 Å². The number of anilines is 2. The third kappa shape index (κ3) is 5.57. The third-order valence-corrected chi connectivity index (χ3v) is 5.45. The van der Waals surface area contributed by atoms with Crippen LogP contribution in [0.2, 0.25) is 0 Å². The number of aryl methyl sites for hydroxylation is 1. The Morgan fingerprint density at radius 2 is 1.79 bits per heavy atom. The van der Waals surface area contributed by atoms with Gasteiger partial charge in [0.25, 0.3) is 5.91 Å². The van der Waals surface area contributed by atoms with Crippen molar-refractivity contribution < 1.29 is 22.7 Å². The van der Waals surface area contributed by atoms with Crippen LogP contribution in [-0.2, 0) is 0 Å². The highest BCUT2D eigenvalue weighted by atomic mass is 35.5. The van der Waals surface area contributed by atoms with Crippen LogP contribution in [0.3, 0.4) is 0 Å². The summed E-state index contributed by atoms with van der Waals surface area (Å²) in [5.41, 5.74) is -0.958. The quantitative estimate of drug-likeness (QED) is 0.430. The van der Waals surface area contributed by atoms with Gasteiger partial charge in [-0.25, -0.2) is 9.37 Å². The number of halogens is 4. The number of aromatic nitrogens is 1. The molecule has 9 heteroatoms. The summed E-state index contributed by atoms with van der Waals surface area (Å²) >= 11 is 4.76. The zero-order chi connectivity index (χ0) is 23.6. The van der Waals surface area contributed by atoms with Gasteiger partial charge in [0.1, 0.15) is 17.4 Å². The maximum Gasteiger partial charge on any atom is 0.487 e. The number of rotatable bonds is 6. The van der Waals surface area contributed by atoms with Gasteiger partial charge < -0.3 is 15.0 Å². The molecule has 172 valence electrons. The zero-order valence-corrected chi connectivity index (χ0v) is 18.5. The summed E-state index contributed by atoms with van der Waals surface area (Å²) in [4.78, 5) is 19.6. The number of hydrogen-bond acceptors (Lipinski definition) is 4. The van der Waals surface area contributed by atoms with Gasteiger partial charge in [0.05, 0.1) is 5.56 Å². The Bertz CT molecular complexity index is 1160. The van der Waals surface area contributed by atoms with Gasteiger partial charge in [-0.1, -0.05) is 6.07 Å². The minimum absolute atomic E-state index is 0.145. The van der Waals surface area contributed by atoms with Crippen LogP contribution < -0.4 is 15.0 Å². The summed E-state index contributed by atoms with van der Waals surface area (Å²) in [6, 6.07) is 11.6. The Labute approximate surface area is 194 Å². The number of nitrogens with one attached hydrogen (secondary N) is 1. The summed E-state index contributed by atoms with van der Waals surface area (Å²) in [7, 11) is 0. The van der Waals surface area contributed by atoms with Crippen LogP contribution in [0.1, 0.15) is 28.8 Å². The fraction of sp³-hybridized carbons (Fsp3) is 0.250. The summed E-state index contributed by atoms with van der Waals surface area (Å²) in [5, 5.41) is 2.70. The molecule has 0 aliphatic carbocycles. The third-order valence-electron chi connectivity index (χ3n) is 5.37. The maximum atomic E-state index is 14.0. The molecule has 0 atom stereocenters. The number of hydrogen-bond donors (Lipinski definition) is 1. The van der Waals surface area contributed by atoms with Crippen molar-refractivity contribution in [2.75, 3.05) is 23.3 Å². The second-order valence-corrected chi connectivity index (χ2v) is 8.21. The van der Waals surface area contributed by atoms with Crippen molar-refractivity contribution in [2.24, 2.45) is 0 Å². The van der Waals surface area contributed by atoms with Gasteiger partial charge in [0, 0.05) is 42.1 Å². The Morgan fingerprint density at radius 3 is 2.45 bits per heavy atom. The predicted molar refractivity (Wildman–Crippen MR) is 122 cm³/mol. The summed E-state index contributed by atoms with van der Waals surface area (Å²) in [5.74, 6) is -0.250. The molecule has 2 heterocycles. The normalized spacial score (nSPS) is 13.8. The lowest BCUT2D eigenvalue weighted by atomic mass is 9.99. The van der Waals surface area contributed by atoms with E-state index in [0.29, 0.717) is 22.6 Å². The molecule has 4 rings (SSSR count). The molecule has 3 aromatic rings. The SMILES string of the molecule is Cc1ccc(F)cc1-c1cc(C(=O)Nc2ccc(OC(F)(F)Cl)cc2)cnc1N1CCCC1. The first-order valence-electron chi connectivity index (χ1n) is 10.4. The van der Waals surface area contributed by atoms with Crippen LogP contribution in [0.15, 0.2) is 54.7 Å². The number of amides is 1. The molecule has 5 nitrogen and oxygen atoms in total. The maximum absolute atomic E-state index is 14.0. The Hall–Kier alpha value is -3.26. The molecule has 0 unspecified atom stereocenters. The molecule has 0 bridgehead atoms. The lowest BCUT2D eigenvalue weighted by molar-refractivity contribution is -0.0964. The van der Waals surface area contributed by atoms with Gasteiger partial charge in [0.2, 0.25) is 0 Å². The fourth-order valence-electron chi connectivity index (χ4n) is 3.79. The molecule has 1 saturated heterocycles. The van der Waals surface area contributed by atoms with E-state index in [2.05, 4.69) is 19.9 Å². The molecule has 1 aliphatic heterocycles. The van der Waals surface area contributed by atoms with Crippen LogP contribution in [-0.4, -0.2) is 29.5 Å². The van der Waals surface area contributed by atoms with E-state index in [0.717, 1.165) is 31.5 Å². The molecule has 1 aliphatic rings. The fourth-order valence-corrected chi connectivity index (χ4v) is 3.88. The average Bonchev–Trinajstić information content (AvgIpc) is 3.30. The van der Waals surface area contributed by atoms with E-state index in [-0.39, 0.29) is 17.1 Å². The topological polar surface area (TPSA) is 54.5 Å². The summed E-state index contributed by atoms with van der Waals surface area (Å²) < 4.78 is 43.8. The number of benzene rings is 2. The van der Waals surface area contributed by atoms with E-state index < -0.39 is 11.5 Å². The zero-order valence-electron chi connectivity index (χ0n) is 17.7. The number of carbonyl (C=O) groups excluding carboxylic acids is 1. The molecule has 33 heavy (non-hydrogen) atoms. The Kier molecular flexibility index (Phi) is 6.47. The molecule has 1 amide bonds. The van der Waals surface area contributed by atoms with Gasteiger partial charge in [-0.05, 0) is 73.4 Å². The number of alkyl halides is 3. The number of ether oxygens (including phenoxy) is 1. The van der Waals surface area contributed by atoms with Crippen molar-refractivity contribution >= 4 is 29.0 Å². The first-order chi connectivity index (χ1) is 15.7. The van der Waals surface area contributed by atoms with Gasteiger partial charge >= 0.3 is 5.57 Å². The molecule has 1 N–H and O–H groups in total. The number of carbonyl (C=O) groups is 1. The number of nitrogens with zero attached hydrogens (tertiary/aromatic N) is 2. The molecule has 2 aromatic carbocycles. The first kappa shape index (κ1) is 22.9. The lowest BCUT2D eigenvalue weighted by Gasteiger charge is -2.21. The smallest absolute Gasteiger partial charge is 0.420 e. The van der Waals surface area contributed by atoms with E-state index in [1.807, 2.05) is 6.92 Å². The largest absolute Gasteiger partial charge is 0.487 e. The van der Waals surface area contributed by atoms with Crippen LogP contribution in [0, 0.1) is 12.7 Å². The van der Waals surface area contributed by atoms with Gasteiger partial charge in [0.15, 0.2) is 0 Å². The van der Waals surface area contributed by atoms with Crippen molar-refractivity contribution in [3.05, 3.63) is 71.7 Å². The van der Waals surface area contributed by atoms with E-state index in [9.17, 15) is 18.0 Å². The predicted octanol–water partition coefficient (Wildman–Crippen LogP) is 6.22. The minimum Gasteiger partial charge on any atom is -0.420 e. The average molecular weight is 476 g/mol. The van der Waals surface area contributed by atoms with Crippen molar-refractivity contribution in [1.29, 1.82) is 0 Å². The molecular weight excluding hydrogens is 455 g/mol. The Balaban J connectivity index is 1.62. The van der Waals surface area contributed by atoms with Gasteiger partial charge in [-0.15, -0.1) is 8.78 Å². The standard InChI is InChI=1S/C24H21ClF3N3O2/c1-15-4-5-17(26)13-20(15)21-12-16(14-29-22(21)31-10-2-3-11-31)23(32)30-18-6-8-19(9-7-18)33-24(25,27)28/h4-9,12-14H,2-3,10-11H2,1H3,(H,30,32). The summed E-state index contributed by atoms with van der Waals surface area (Å²) in [6.07, 6.45) is 3.56. The van der Waals surface area contributed by atoms with Gasteiger partial charge in [-0.3, -0.25) is 4.79 Å². The number of pyridine rings is 1. The van der Waals surface area contributed by atoms with E-state index in [1.54, 1.807) is 12.1 Å². The Morgan fingerprint density at radius 1 is 1.09 bits per heavy atom. The molecule has 1 fully saturated rings. The second kappa shape index (κ2) is 9.31. The first-order valence-corrected chi connectivity index (χ1v) is 10.8. The van der Waals surface area contributed by atoms with Crippen molar-refractivity contribution in [2.45, 2.75) is 25.3 Å². The van der Waals surface area contributed by atoms with Gasteiger partial charge in [-0.2, -0.15) is 0 Å². The minimum atomic E-state index is -3.82. The monoisotopic (exact) mass is 475 g/mol. The highest BCUT2D eigenvalue weighted by molar-refractivity contribution is 6.20. The second-order valence-electron chi connectivity index (χ2n) is 7.77. The van der Waals surface area contributed by atoms with Crippen LogP contribution >= 0.6 is 11.6 Å². The van der Waals surface area contributed by atoms with Crippen LogP contribution in [0.4, 0.5) is 24.7 Å². The molecule has 0 spiro atoms. The highest BCUT2D eigenvalue weighted by Crippen LogP contribution is 2.34. The van der Waals surface area contributed by atoms with Crippen molar-refractivity contribution in [1.82, 2.24) is 4.98 Å².